The normalized spacial score (nSPS) is 11.9. The molecule has 23 heavy (non-hydrogen) atoms. The lowest BCUT2D eigenvalue weighted by molar-refractivity contribution is -0.116. The van der Waals surface area contributed by atoms with Crippen LogP contribution in [-0.4, -0.2) is 32.5 Å². The maximum Gasteiger partial charge on any atom is 0.175 e. The molecule has 2 heterocycles. The van der Waals surface area contributed by atoms with E-state index in [1.54, 1.807) is 11.8 Å². The van der Waals surface area contributed by atoms with Gasteiger partial charge in [-0.2, -0.15) is 5.26 Å². The zero-order chi connectivity index (χ0) is 16.8. The predicted octanol–water partition coefficient (Wildman–Crippen LogP) is 3.94. The van der Waals surface area contributed by atoms with E-state index in [-0.39, 0.29) is 11.5 Å². The Kier molecular flexibility index (Phi) is 6.77. The van der Waals surface area contributed by atoms with Crippen LogP contribution in [0.4, 0.5) is 0 Å². The monoisotopic (exact) mass is 382 g/mol. The maximum absolute atomic E-state index is 12.2. The summed E-state index contributed by atoms with van der Waals surface area (Å²) in [4.78, 5) is 16.5. The number of carbonyl (C=O) groups excluding carboxylic acids is 1. The van der Waals surface area contributed by atoms with Crippen LogP contribution in [0, 0.1) is 18.3 Å². The van der Waals surface area contributed by atoms with E-state index in [0.29, 0.717) is 5.01 Å². The molecule has 1 atom stereocenters. The van der Waals surface area contributed by atoms with Crippen LogP contribution >= 0.6 is 46.2 Å². The van der Waals surface area contributed by atoms with Gasteiger partial charge in [0.2, 0.25) is 0 Å². The van der Waals surface area contributed by atoms with Gasteiger partial charge in [-0.15, -0.1) is 21.5 Å². The molecule has 0 amide bonds. The van der Waals surface area contributed by atoms with Crippen molar-refractivity contribution >= 4 is 52.0 Å². The second-order valence-corrected chi connectivity index (χ2v) is 9.04. The summed E-state index contributed by atoms with van der Waals surface area (Å²) in [6.07, 6.45) is 0. The van der Waals surface area contributed by atoms with Crippen molar-refractivity contribution in [2.24, 2.45) is 0 Å². The zero-order valence-electron chi connectivity index (χ0n) is 12.6. The van der Waals surface area contributed by atoms with Crippen LogP contribution < -0.4 is 0 Å². The van der Waals surface area contributed by atoms with E-state index in [9.17, 15) is 10.1 Å². The van der Waals surface area contributed by atoms with Crippen molar-refractivity contribution in [1.82, 2.24) is 15.2 Å². The number of Topliss-reactive ketones (excluding diaryl/α,β-unsaturated/α-hetero) is 1. The quantitative estimate of drug-likeness (QED) is 0.505. The van der Waals surface area contributed by atoms with Gasteiger partial charge < -0.3 is 0 Å². The fraction of sp³-hybridized carbons (Fsp3) is 0.357. The molecule has 0 saturated carbocycles. The van der Waals surface area contributed by atoms with Gasteiger partial charge in [-0.25, -0.2) is 4.98 Å². The molecule has 0 N–H and O–H groups in total. The topological polar surface area (TPSA) is 79.5 Å². The molecule has 0 spiro atoms. The Morgan fingerprint density at radius 3 is 2.57 bits per heavy atom. The summed E-state index contributed by atoms with van der Waals surface area (Å²) in [7, 11) is 0. The molecule has 2 aromatic rings. The second-order valence-electron chi connectivity index (χ2n) is 4.72. The Balaban J connectivity index is 1.91. The molecular formula is C14H14N4OS4. The highest BCUT2D eigenvalue weighted by Gasteiger charge is 2.23. The van der Waals surface area contributed by atoms with Crippen molar-refractivity contribution in [2.75, 3.05) is 11.5 Å². The van der Waals surface area contributed by atoms with E-state index in [0.717, 1.165) is 25.7 Å². The summed E-state index contributed by atoms with van der Waals surface area (Å²) in [5.74, 6) is 0.0407. The van der Waals surface area contributed by atoms with E-state index < -0.39 is 5.92 Å². The Hall–Kier alpha value is -1.21. The number of hydrogen-bond donors (Lipinski definition) is 0. The molecule has 0 aromatic carbocycles. The standard InChI is InChI=1S/C14H14N4OS4/c1-8(2)5-21-13-17-18-14(23-13)22-7-11(19)10(4-15)12-16-9(3)6-20-12/h6,10H,1,5,7H2,2-3H3/t10-/m0/s1. The van der Waals surface area contributed by atoms with Gasteiger partial charge in [0.25, 0.3) is 0 Å². The van der Waals surface area contributed by atoms with Crippen molar-refractivity contribution in [3.63, 3.8) is 0 Å². The largest absolute Gasteiger partial charge is 0.297 e. The van der Waals surface area contributed by atoms with E-state index >= 15 is 0 Å². The van der Waals surface area contributed by atoms with Crippen molar-refractivity contribution in [2.45, 2.75) is 28.4 Å². The third-order valence-corrected chi connectivity index (χ3v) is 6.97. The lowest BCUT2D eigenvalue weighted by Gasteiger charge is -2.03. The molecule has 0 radical (unpaired) electrons. The SMILES string of the molecule is C=C(C)CSc1nnc(SCC(=O)[C@H](C#N)c2nc(C)cs2)s1. The van der Waals surface area contributed by atoms with E-state index in [4.69, 9.17) is 0 Å². The molecule has 0 aliphatic rings. The van der Waals surface area contributed by atoms with E-state index in [2.05, 4.69) is 21.8 Å². The first-order valence-electron chi connectivity index (χ1n) is 6.57. The average molecular weight is 383 g/mol. The van der Waals surface area contributed by atoms with Crippen LogP contribution in [0.3, 0.4) is 0 Å². The Morgan fingerprint density at radius 1 is 1.39 bits per heavy atom. The molecule has 0 saturated heterocycles. The summed E-state index contributed by atoms with van der Waals surface area (Å²) in [5.41, 5.74) is 1.90. The molecule has 0 fully saturated rings. The summed E-state index contributed by atoms with van der Waals surface area (Å²) in [6.45, 7) is 7.66. The molecule has 9 heteroatoms. The molecule has 0 bridgehead atoms. The van der Waals surface area contributed by atoms with Crippen LogP contribution in [-0.2, 0) is 4.79 Å². The van der Waals surface area contributed by atoms with Crippen molar-refractivity contribution in [3.8, 4) is 6.07 Å². The second kappa shape index (κ2) is 8.59. The highest BCUT2D eigenvalue weighted by molar-refractivity contribution is 8.03. The van der Waals surface area contributed by atoms with Gasteiger partial charge in [-0.1, -0.05) is 47.0 Å². The number of thioether (sulfide) groups is 2. The molecule has 0 aliphatic carbocycles. The van der Waals surface area contributed by atoms with Crippen LogP contribution in [0.5, 0.6) is 0 Å². The Labute approximate surface area is 151 Å². The minimum atomic E-state index is -0.800. The number of aromatic nitrogens is 3. The van der Waals surface area contributed by atoms with Crippen LogP contribution in [0.2, 0.25) is 0 Å². The molecule has 0 aliphatic heterocycles. The van der Waals surface area contributed by atoms with E-state index in [1.807, 2.05) is 25.3 Å². The Bertz CT molecular complexity index is 746. The summed E-state index contributed by atoms with van der Waals surface area (Å²) >= 11 is 5.69. The molecule has 2 aromatic heterocycles. The summed E-state index contributed by atoms with van der Waals surface area (Å²) < 4.78 is 1.59. The number of nitriles is 1. The van der Waals surface area contributed by atoms with Crippen molar-refractivity contribution < 1.29 is 4.79 Å². The zero-order valence-corrected chi connectivity index (χ0v) is 15.9. The third kappa shape index (κ3) is 5.42. The number of thiazole rings is 1. The first-order chi connectivity index (χ1) is 11.0. The summed E-state index contributed by atoms with van der Waals surface area (Å²) in [6, 6.07) is 2.04. The van der Waals surface area contributed by atoms with Crippen molar-refractivity contribution in [3.05, 3.63) is 28.2 Å². The lowest BCUT2D eigenvalue weighted by Crippen LogP contribution is -2.13. The Morgan fingerprint density at radius 2 is 2.04 bits per heavy atom. The average Bonchev–Trinajstić information content (AvgIpc) is 3.13. The molecule has 0 unspecified atom stereocenters. The number of rotatable bonds is 8. The minimum Gasteiger partial charge on any atom is -0.297 e. The highest BCUT2D eigenvalue weighted by Crippen LogP contribution is 2.31. The number of hydrogen-bond acceptors (Lipinski definition) is 9. The van der Waals surface area contributed by atoms with E-state index in [1.165, 1.54) is 34.4 Å². The molecule has 5 nitrogen and oxygen atoms in total. The fourth-order valence-corrected chi connectivity index (χ4v) is 5.11. The summed E-state index contributed by atoms with van der Waals surface area (Å²) in [5, 5.41) is 19.8. The van der Waals surface area contributed by atoms with Gasteiger partial charge >= 0.3 is 0 Å². The van der Waals surface area contributed by atoms with Crippen LogP contribution in [0.25, 0.3) is 0 Å². The maximum atomic E-state index is 12.2. The first-order valence-corrected chi connectivity index (χ1v) is 10.2. The molecular weight excluding hydrogens is 368 g/mol. The number of ketones is 1. The third-order valence-electron chi connectivity index (χ3n) is 2.50. The lowest BCUT2D eigenvalue weighted by atomic mass is 10.1. The van der Waals surface area contributed by atoms with Gasteiger partial charge in [0.05, 0.1) is 11.8 Å². The minimum absolute atomic E-state index is 0.154. The molecule has 120 valence electrons. The van der Waals surface area contributed by atoms with Gasteiger partial charge in [-0.05, 0) is 13.8 Å². The van der Waals surface area contributed by atoms with Gasteiger partial charge in [0, 0.05) is 16.8 Å². The smallest absolute Gasteiger partial charge is 0.175 e. The highest BCUT2D eigenvalue weighted by atomic mass is 32.2. The number of aryl methyl sites for hydroxylation is 1. The van der Waals surface area contributed by atoms with Crippen molar-refractivity contribution in [1.29, 1.82) is 5.26 Å². The number of carbonyl (C=O) groups is 1. The van der Waals surface area contributed by atoms with Gasteiger partial charge in [-0.3, -0.25) is 4.79 Å². The predicted molar refractivity (Wildman–Crippen MR) is 96.4 cm³/mol. The number of nitrogens with zero attached hydrogens (tertiary/aromatic N) is 4. The van der Waals surface area contributed by atoms with Crippen LogP contribution in [0.1, 0.15) is 23.5 Å². The van der Waals surface area contributed by atoms with Gasteiger partial charge in [0.1, 0.15) is 5.01 Å². The van der Waals surface area contributed by atoms with Gasteiger partial charge in [0.15, 0.2) is 20.4 Å². The fourth-order valence-electron chi connectivity index (χ4n) is 1.48. The van der Waals surface area contributed by atoms with Crippen LogP contribution in [0.15, 0.2) is 26.2 Å². The molecule has 2 rings (SSSR count). The first kappa shape index (κ1) is 18.1.